The van der Waals surface area contributed by atoms with E-state index in [2.05, 4.69) is 23.8 Å². The number of aryl methyl sites for hydroxylation is 1. The number of phenolic OH excluding ortho intramolecular Hbond substituents is 1. The van der Waals surface area contributed by atoms with Crippen molar-refractivity contribution in [1.82, 2.24) is 14.7 Å². The highest BCUT2D eigenvalue weighted by molar-refractivity contribution is 5.42. The van der Waals surface area contributed by atoms with Gasteiger partial charge in [-0.1, -0.05) is 0 Å². The summed E-state index contributed by atoms with van der Waals surface area (Å²) in [7, 11) is 0. The van der Waals surface area contributed by atoms with Crippen LogP contribution in [0, 0.1) is 6.92 Å². The Balaban J connectivity index is 1.72. The quantitative estimate of drug-likeness (QED) is 0.946. The molecule has 1 fully saturated rings. The number of phenols is 1. The van der Waals surface area contributed by atoms with E-state index in [1.807, 2.05) is 36.0 Å². The van der Waals surface area contributed by atoms with Crippen molar-refractivity contribution in [1.29, 1.82) is 0 Å². The maximum Gasteiger partial charge on any atom is 0.118 e. The Bertz CT molecular complexity index is 643. The van der Waals surface area contributed by atoms with E-state index in [1.165, 1.54) is 0 Å². The predicted molar refractivity (Wildman–Crippen MR) is 85.3 cm³/mol. The summed E-state index contributed by atoms with van der Waals surface area (Å²) in [4.78, 5) is 2.38. The zero-order chi connectivity index (χ0) is 15.7. The zero-order valence-corrected chi connectivity index (χ0v) is 13.4. The van der Waals surface area contributed by atoms with Crippen LogP contribution < -0.4 is 0 Å². The molecule has 2 atom stereocenters. The van der Waals surface area contributed by atoms with Crippen molar-refractivity contribution in [2.24, 2.45) is 0 Å². The van der Waals surface area contributed by atoms with Crippen molar-refractivity contribution in [3.05, 3.63) is 41.7 Å². The number of nitrogens with zero attached hydrogens (tertiary/aromatic N) is 3. The molecular weight excluding hydrogens is 278 g/mol. The highest BCUT2D eigenvalue weighted by Gasteiger charge is 2.22. The molecule has 0 radical (unpaired) electrons. The summed E-state index contributed by atoms with van der Waals surface area (Å²) in [5.74, 6) is 0.312. The number of hydrogen-bond acceptors (Lipinski definition) is 4. The predicted octanol–water partition coefficient (Wildman–Crippen LogP) is 2.50. The summed E-state index contributed by atoms with van der Waals surface area (Å²) in [5.41, 5.74) is 2.86. The Morgan fingerprint density at radius 2 is 1.95 bits per heavy atom. The van der Waals surface area contributed by atoms with Gasteiger partial charge >= 0.3 is 0 Å². The molecule has 0 amide bonds. The zero-order valence-electron chi connectivity index (χ0n) is 13.4. The molecule has 3 rings (SSSR count). The molecule has 1 saturated heterocycles. The van der Waals surface area contributed by atoms with Crippen molar-refractivity contribution >= 4 is 0 Å². The van der Waals surface area contributed by atoms with Crippen molar-refractivity contribution in [3.63, 3.8) is 0 Å². The number of rotatable bonds is 3. The van der Waals surface area contributed by atoms with Gasteiger partial charge in [0.05, 0.1) is 23.6 Å². The summed E-state index contributed by atoms with van der Waals surface area (Å²) >= 11 is 0. The normalized spacial score (nSPS) is 22.9. The van der Waals surface area contributed by atoms with Crippen LogP contribution in [-0.2, 0) is 11.3 Å². The van der Waals surface area contributed by atoms with Gasteiger partial charge in [0, 0.05) is 25.8 Å². The average molecular weight is 301 g/mol. The molecule has 2 unspecified atom stereocenters. The molecule has 0 aliphatic carbocycles. The lowest BCUT2D eigenvalue weighted by molar-refractivity contribution is -0.0707. The van der Waals surface area contributed by atoms with E-state index < -0.39 is 0 Å². The van der Waals surface area contributed by atoms with Gasteiger partial charge in [0.15, 0.2) is 0 Å². The highest BCUT2D eigenvalue weighted by Crippen LogP contribution is 2.20. The monoisotopic (exact) mass is 301 g/mol. The largest absolute Gasteiger partial charge is 0.508 e. The second kappa shape index (κ2) is 6.10. The molecule has 0 bridgehead atoms. The van der Waals surface area contributed by atoms with Crippen LogP contribution in [-0.4, -0.2) is 45.1 Å². The lowest BCUT2D eigenvalue weighted by Crippen LogP contribution is -2.44. The van der Waals surface area contributed by atoms with E-state index in [9.17, 15) is 5.11 Å². The third-order valence-corrected chi connectivity index (χ3v) is 3.97. The first-order chi connectivity index (χ1) is 10.5. The highest BCUT2D eigenvalue weighted by atomic mass is 16.5. The molecule has 2 heterocycles. The fourth-order valence-corrected chi connectivity index (χ4v) is 3.01. The van der Waals surface area contributed by atoms with Crippen LogP contribution in [0.1, 0.15) is 25.1 Å². The third kappa shape index (κ3) is 3.31. The Labute approximate surface area is 131 Å². The molecule has 2 aromatic rings. The van der Waals surface area contributed by atoms with Gasteiger partial charge in [-0.3, -0.25) is 4.90 Å². The molecule has 118 valence electrons. The molecule has 5 nitrogen and oxygen atoms in total. The molecule has 0 spiro atoms. The summed E-state index contributed by atoms with van der Waals surface area (Å²) in [6.45, 7) is 8.83. The molecule has 1 aliphatic rings. The molecule has 0 saturated carbocycles. The number of hydrogen-bond donors (Lipinski definition) is 1. The van der Waals surface area contributed by atoms with Crippen LogP contribution in [0.2, 0.25) is 0 Å². The number of aromatic nitrogens is 2. The third-order valence-electron chi connectivity index (χ3n) is 3.97. The first kappa shape index (κ1) is 15.1. The minimum Gasteiger partial charge on any atom is -0.508 e. The van der Waals surface area contributed by atoms with Crippen LogP contribution in [0.25, 0.3) is 5.69 Å². The maximum atomic E-state index is 9.61. The molecule has 1 aliphatic heterocycles. The fourth-order valence-electron chi connectivity index (χ4n) is 3.01. The van der Waals surface area contributed by atoms with E-state index in [-0.39, 0.29) is 12.2 Å². The van der Waals surface area contributed by atoms with Crippen LogP contribution >= 0.6 is 0 Å². The topological polar surface area (TPSA) is 50.5 Å². The van der Waals surface area contributed by atoms with Gasteiger partial charge in [0.2, 0.25) is 0 Å². The van der Waals surface area contributed by atoms with Gasteiger partial charge in [-0.05, 0) is 50.6 Å². The molecule has 1 aromatic carbocycles. The molecule has 1 N–H and O–H groups in total. The maximum absolute atomic E-state index is 9.61. The SMILES string of the molecule is Cc1cc(-n2ccc(CN3CC(C)OC(C)C3)n2)ccc1O. The minimum absolute atomic E-state index is 0.269. The Morgan fingerprint density at radius 1 is 1.23 bits per heavy atom. The molecule has 5 heteroatoms. The van der Waals surface area contributed by atoms with Crippen LogP contribution in [0.4, 0.5) is 0 Å². The summed E-state index contributed by atoms with van der Waals surface area (Å²) < 4.78 is 7.62. The van der Waals surface area contributed by atoms with Gasteiger partial charge in [-0.2, -0.15) is 5.10 Å². The second-order valence-corrected chi connectivity index (χ2v) is 6.17. The van der Waals surface area contributed by atoms with Crippen LogP contribution in [0.5, 0.6) is 5.75 Å². The second-order valence-electron chi connectivity index (χ2n) is 6.17. The molecule has 1 aromatic heterocycles. The first-order valence-corrected chi connectivity index (χ1v) is 7.73. The fraction of sp³-hybridized carbons (Fsp3) is 0.471. The number of benzene rings is 1. The minimum atomic E-state index is 0.269. The average Bonchev–Trinajstić information content (AvgIpc) is 2.89. The summed E-state index contributed by atoms with van der Waals surface area (Å²) in [5, 5.41) is 14.3. The smallest absolute Gasteiger partial charge is 0.118 e. The van der Waals surface area contributed by atoms with E-state index in [1.54, 1.807) is 6.07 Å². The molecular formula is C17H23N3O2. The van der Waals surface area contributed by atoms with Crippen molar-refractivity contribution in [2.45, 2.75) is 39.5 Å². The van der Waals surface area contributed by atoms with E-state index in [0.717, 1.165) is 36.6 Å². The van der Waals surface area contributed by atoms with Crippen molar-refractivity contribution in [2.75, 3.05) is 13.1 Å². The number of aromatic hydroxyl groups is 1. The molecule has 22 heavy (non-hydrogen) atoms. The van der Waals surface area contributed by atoms with Crippen molar-refractivity contribution < 1.29 is 9.84 Å². The van der Waals surface area contributed by atoms with Gasteiger partial charge in [-0.25, -0.2) is 4.68 Å². The standard InChI is InChI=1S/C17H23N3O2/c1-12-8-16(4-5-17(12)21)20-7-6-15(18-20)11-19-9-13(2)22-14(3)10-19/h4-8,13-14,21H,9-11H2,1-3H3. The van der Waals surface area contributed by atoms with Crippen LogP contribution in [0.15, 0.2) is 30.5 Å². The summed E-state index contributed by atoms with van der Waals surface area (Å²) in [6.07, 6.45) is 2.50. The van der Waals surface area contributed by atoms with Crippen molar-refractivity contribution in [3.8, 4) is 11.4 Å². The number of morpholine rings is 1. The van der Waals surface area contributed by atoms with Gasteiger partial charge in [-0.15, -0.1) is 0 Å². The van der Waals surface area contributed by atoms with E-state index in [4.69, 9.17) is 4.74 Å². The Kier molecular flexibility index (Phi) is 4.18. The Hall–Kier alpha value is -1.85. The van der Waals surface area contributed by atoms with Gasteiger partial charge < -0.3 is 9.84 Å². The summed E-state index contributed by atoms with van der Waals surface area (Å²) in [6, 6.07) is 7.56. The van der Waals surface area contributed by atoms with Gasteiger partial charge in [0.25, 0.3) is 0 Å². The van der Waals surface area contributed by atoms with E-state index >= 15 is 0 Å². The van der Waals surface area contributed by atoms with E-state index in [0.29, 0.717) is 5.75 Å². The number of ether oxygens (including phenoxy) is 1. The van der Waals surface area contributed by atoms with Crippen LogP contribution in [0.3, 0.4) is 0 Å². The van der Waals surface area contributed by atoms with Gasteiger partial charge in [0.1, 0.15) is 5.75 Å². The Morgan fingerprint density at radius 3 is 2.64 bits per heavy atom. The first-order valence-electron chi connectivity index (χ1n) is 7.73. The lowest BCUT2D eigenvalue weighted by atomic mass is 10.2. The lowest BCUT2D eigenvalue weighted by Gasteiger charge is -2.34.